The highest BCUT2D eigenvalue weighted by Gasteiger charge is 2.02. The molecule has 24 heavy (non-hydrogen) atoms. The van der Waals surface area contributed by atoms with Gasteiger partial charge in [-0.3, -0.25) is 4.79 Å². The largest absolute Gasteiger partial charge is 0.300 e. The third-order valence-corrected chi connectivity index (χ3v) is 5.66. The van der Waals surface area contributed by atoms with Gasteiger partial charge in [0.15, 0.2) is 0 Å². The maximum Gasteiger partial charge on any atom is 0.132 e. The van der Waals surface area contributed by atoms with Crippen LogP contribution in [0.4, 0.5) is 0 Å². The average Bonchev–Trinajstić information content (AvgIpc) is 2.58. The van der Waals surface area contributed by atoms with Crippen molar-refractivity contribution in [1.29, 1.82) is 0 Å². The fourth-order valence-corrected chi connectivity index (χ4v) is 3.95. The van der Waals surface area contributed by atoms with E-state index in [9.17, 15) is 4.79 Å². The minimum absolute atomic E-state index is 0.522. The monoisotopic (exact) mass is 336 g/mol. The van der Waals surface area contributed by atoms with Crippen LogP contribution in [0.3, 0.4) is 0 Å². The van der Waals surface area contributed by atoms with Gasteiger partial charge in [-0.1, -0.05) is 116 Å². The molecule has 0 saturated heterocycles. The van der Waals surface area contributed by atoms with Crippen molar-refractivity contribution < 1.29 is 4.79 Å². The van der Waals surface area contributed by atoms with Crippen LogP contribution >= 0.6 is 0 Å². The second-order valence-corrected chi connectivity index (χ2v) is 8.11. The standard InChI is InChI=1S/C23H44O/c24-23-21-19-17-15-13-11-9-7-5-3-1-2-4-6-8-10-12-14-16-18-20-22-23/h1-22H2. The molecule has 0 atom stereocenters. The predicted octanol–water partition coefficient (Wildman–Crippen LogP) is 8.15. The Hall–Kier alpha value is -0.330. The molecule has 0 aromatic carbocycles. The summed E-state index contributed by atoms with van der Waals surface area (Å²) in [6.45, 7) is 0. The summed E-state index contributed by atoms with van der Waals surface area (Å²) >= 11 is 0. The topological polar surface area (TPSA) is 17.1 Å². The molecule has 142 valence electrons. The lowest BCUT2D eigenvalue weighted by molar-refractivity contribution is -0.119. The highest BCUT2D eigenvalue weighted by molar-refractivity contribution is 5.78. The van der Waals surface area contributed by atoms with E-state index in [-0.39, 0.29) is 0 Å². The third kappa shape index (κ3) is 15.2. The Labute approximate surface area is 152 Å². The summed E-state index contributed by atoms with van der Waals surface area (Å²) < 4.78 is 0. The van der Waals surface area contributed by atoms with E-state index in [0.29, 0.717) is 5.78 Å². The molecule has 0 amide bonds. The number of rotatable bonds is 0. The highest BCUT2D eigenvalue weighted by Crippen LogP contribution is 2.16. The Morgan fingerprint density at radius 2 is 0.458 bits per heavy atom. The van der Waals surface area contributed by atoms with E-state index in [4.69, 9.17) is 0 Å². The van der Waals surface area contributed by atoms with E-state index < -0.39 is 0 Å². The number of hydrogen-bond acceptors (Lipinski definition) is 1. The Kier molecular flexibility index (Phi) is 15.8. The van der Waals surface area contributed by atoms with Gasteiger partial charge in [-0.2, -0.15) is 0 Å². The van der Waals surface area contributed by atoms with Gasteiger partial charge in [0.05, 0.1) is 0 Å². The van der Waals surface area contributed by atoms with Gasteiger partial charge in [-0.05, 0) is 12.8 Å². The normalized spacial score (nSPS) is 23.6. The van der Waals surface area contributed by atoms with Crippen molar-refractivity contribution in [3.05, 3.63) is 0 Å². The first-order valence-corrected chi connectivity index (χ1v) is 11.4. The molecule has 0 N–H and O–H groups in total. The molecule has 1 saturated carbocycles. The van der Waals surface area contributed by atoms with Crippen LogP contribution in [0.1, 0.15) is 141 Å². The van der Waals surface area contributed by atoms with Crippen LogP contribution in [0.15, 0.2) is 0 Å². The van der Waals surface area contributed by atoms with E-state index >= 15 is 0 Å². The van der Waals surface area contributed by atoms with Crippen LogP contribution in [0.2, 0.25) is 0 Å². The van der Waals surface area contributed by atoms with Crippen molar-refractivity contribution in [3.63, 3.8) is 0 Å². The molecule has 0 bridgehead atoms. The van der Waals surface area contributed by atoms with Gasteiger partial charge in [0.1, 0.15) is 5.78 Å². The molecule has 1 aliphatic rings. The lowest BCUT2D eigenvalue weighted by Crippen LogP contribution is -1.97. The van der Waals surface area contributed by atoms with Crippen molar-refractivity contribution in [2.75, 3.05) is 0 Å². The quantitative estimate of drug-likeness (QED) is 0.436. The van der Waals surface area contributed by atoms with Crippen LogP contribution < -0.4 is 0 Å². The summed E-state index contributed by atoms with van der Waals surface area (Å²) in [6.07, 6.45) is 29.3. The van der Waals surface area contributed by atoms with Crippen molar-refractivity contribution in [3.8, 4) is 0 Å². The van der Waals surface area contributed by atoms with Crippen molar-refractivity contribution in [1.82, 2.24) is 0 Å². The zero-order valence-corrected chi connectivity index (χ0v) is 16.5. The van der Waals surface area contributed by atoms with Gasteiger partial charge in [0, 0.05) is 12.8 Å². The number of carbonyl (C=O) groups excluding carboxylic acids is 1. The summed E-state index contributed by atoms with van der Waals surface area (Å²) in [5, 5.41) is 0. The van der Waals surface area contributed by atoms with Gasteiger partial charge in [-0.15, -0.1) is 0 Å². The zero-order valence-electron chi connectivity index (χ0n) is 16.5. The fraction of sp³-hybridized carbons (Fsp3) is 0.957. The summed E-state index contributed by atoms with van der Waals surface area (Å²) in [5.41, 5.74) is 0. The van der Waals surface area contributed by atoms with Gasteiger partial charge < -0.3 is 0 Å². The molecule has 1 heteroatoms. The van der Waals surface area contributed by atoms with E-state index in [1.165, 1.54) is 116 Å². The number of carbonyl (C=O) groups is 1. The Morgan fingerprint density at radius 1 is 0.292 bits per heavy atom. The Balaban J connectivity index is 2.08. The lowest BCUT2D eigenvalue weighted by Gasteiger charge is -2.03. The zero-order chi connectivity index (χ0) is 17.1. The number of ketones is 1. The average molecular weight is 337 g/mol. The Morgan fingerprint density at radius 3 is 0.667 bits per heavy atom. The second kappa shape index (κ2) is 17.5. The lowest BCUT2D eigenvalue weighted by atomic mass is 10.0. The van der Waals surface area contributed by atoms with E-state index in [1.807, 2.05) is 0 Å². The van der Waals surface area contributed by atoms with Crippen LogP contribution in [0, 0.1) is 0 Å². The van der Waals surface area contributed by atoms with Crippen molar-refractivity contribution in [2.45, 2.75) is 141 Å². The Bertz CT molecular complexity index is 245. The van der Waals surface area contributed by atoms with E-state index in [1.54, 1.807) is 0 Å². The van der Waals surface area contributed by atoms with Crippen molar-refractivity contribution >= 4 is 5.78 Å². The maximum absolute atomic E-state index is 11.9. The smallest absolute Gasteiger partial charge is 0.132 e. The molecule has 0 heterocycles. The third-order valence-electron chi connectivity index (χ3n) is 5.66. The first-order valence-electron chi connectivity index (χ1n) is 11.4. The summed E-state index contributed by atoms with van der Waals surface area (Å²) in [5.74, 6) is 0.522. The molecule has 1 aliphatic carbocycles. The molecule has 0 unspecified atom stereocenters. The summed E-state index contributed by atoms with van der Waals surface area (Å²) in [7, 11) is 0. The molecule has 0 aromatic rings. The molecule has 1 fully saturated rings. The fourth-order valence-electron chi connectivity index (χ4n) is 3.95. The van der Waals surface area contributed by atoms with Crippen LogP contribution in [0.5, 0.6) is 0 Å². The second-order valence-electron chi connectivity index (χ2n) is 8.11. The van der Waals surface area contributed by atoms with Gasteiger partial charge in [0.25, 0.3) is 0 Å². The van der Waals surface area contributed by atoms with Crippen molar-refractivity contribution in [2.24, 2.45) is 0 Å². The maximum atomic E-state index is 11.9. The number of hydrogen-bond donors (Lipinski definition) is 0. The first-order chi connectivity index (χ1) is 11.9. The van der Waals surface area contributed by atoms with Crippen LogP contribution in [-0.2, 0) is 4.79 Å². The minimum Gasteiger partial charge on any atom is -0.300 e. The molecule has 0 aromatic heterocycles. The highest BCUT2D eigenvalue weighted by atomic mass is 16.1. The molecule has 0 aliphatic heterocycles. The minimum atomic E-state index is 0.522. The van der Waals surface area contributed by atoms with Crippen LogP contribution in [0.25, 0.3) is 0 Å². The van der Waals surface area contributed by atoms with Gasteiger partial charge >= 0.3 is 0 Å². The molecule has 1 rings (SSSR count). The summed E-state index contributed by atoms with van der Waals surface area (Å²) in [4.78, 5) is 11.9. The molecule has 1 nitrogen and oxygen atoms in total. The van der Waals surface area contributed by atoms with Gasteiger partial charge in [-0.25, -0.2) is 0 Å². The summed E-state index contributed by atoms with van der Waals surface area (Å²) in [6, 6.07) is 0. The SMILES string of the molecule is O=C1CCCCCCCCCCCCCCCCCCCCCC1. The first kappa shape index (κ1) is 21.7. The molecular weight excluding hydrogens is 292 g/mol. The molecule has 0 radical (unpaired) electrons. The molecular formula is C23H44O. The molecule has 0 spiro atoms. The van der Waals surface area contributed by atoms with Gasteiger partial charge in [0.2, 0.25) is 0 Å². The van der Waals surface area contributed by atoms with E-state index in [2.05, 4.69) is 0 Å². The van der Waals surface area contributed by atoms with Crippen LogP contribution in [-0.4, -0.2) is 5.78 Å². The number of Topliss-reactive ketones (excluding diaryl/α,β-unsaturated/α-hetero) is 1. The van der Waals surface area contributed by atoms with E-state index in [0.717, 1.165) is 25.7 Å². The predicted molar refractivity (Wildman–Crippen MR) is 107 cm³/mol.